The van der Waals surface area contributed by atoms with Gasteiger partial charge in [0.2, 0.25) is 0 Å². The molecule has 0 aromatic carbocycles. The van der Waals surface area contributed by atoms with Crippen molar-refractivity contribution in [3.63, 3.8) is 0 Å². The molecule has 3 atom stereocenters. The van der Waals surface area contributed by atoms with Crippen LogP contribution in [0, 0.1) is 17.8 Å². The van der Waals surface area contributed by atoms with Crippen LogP contribution < -0.4 is 0 Å². The molecule has 0 saturated heterocycles. The van der Waals surface area contributed by atoms with Crippen LogP contribution in [0.2, 0.25) is 0 Å². The van der Waals surface area contributed by atoms with Gasteiger partial charge in [-0.25, -0.2) is 0 Å². The standard InChI is InChI=1S/C8H14O/c1-3-6(2)8-4-7(8)5-9/h5-8H,3-4H2,1-2H3/t6-,7-,8-/m0/s1. The Morgan fingerprint density at radius 1 is 1.78 bits per heavy atom. The van der Waals surface area contributed by atoms with Crippen molar-refractivity contribution in [3.05, 3.63) is 0 Å². The quantitative estimate of drug-likeness (QED) is 0.527. The van der Waals surface area contributed by atoms with E-state index in [1.54, 1.807) is 0 Å². The molecule has 0 unspecified atom stereocenters. The lowest BCUT2D eigenvalue weighted by atomic mass is 10.0. The zero-order valence-corrected chi connectivity index (χ0v) is 6.13. The summed E-state index contributed by atoms with van der Waals surface area (Å²) >= 11 is 0. The minimum Gasteiger partial charge on any atom is -0.303 e. The van der Waals surface area contributed by atoms with Crippen LogP contribution in [0.25, 0.3) is 0 Å². The van der Waals surface area contributed by atoms with Crippen molar-refractivity contribution in [2.45, 2.75) is 26.7 Å². The van der Waals surface area contributed by atoms with Crippen molar-refractivity contribution in [2.24, 2.45) is 17.8 Å². The first kappa shape index (κ1) is 6.79. The van der Waals surface area contributed by atoms with E-state index < -0.39 is 0 Å². The van der Waals surface area contributed by atoms with Crippen LogP contribution in [0.3, 0.4) is 0 Å². The van der Waals surface area contributed by atoms with Crippen LogP contribution in [-0.2, 0) is 4.79 Å². The van der Waals surface area contributed by atoms with E-state index in [2.05, 4.69) is 13.8 Å². The van der Waals surface area contributed by atoms with E-state index >= 15 is 0 Å². The first-order valence-corrected chi connectivity index (χ1v) is 3.74. The summed E-state index contributed by atoms with van der Waals surface area (Å²) in [5.74, 6) is 1.91. The molecule has 0 N–H and O–H groups in total. The Morgan fingerprint density at radius 3 is 2.78 bits per heavy atom. The highest BCUT2D eigenvalue weighted by Gasteiger charge is 2.39. The second kappa shape index (κ2) is 2.51. The van der Waals surface area contributed by atoms with Gasteiger partial charge in [-0.1, -0.05) is 20.3 Å². The Kier molecular flexibility index (Phi) is 1.89. The SMILES string of the molecule is CC[C@H](C)[C@@H]1C[C@H]1C=O. The Balaban J connectivity index is 2.24. The van der Waals surface area contributed by atoms with E-state index in [-0.39, 0.29) is 0 Å². The summed E-state index contributed by atoms with van der Waals surface area (Å²) in [6.07, 6.45) is 3.48. The van der Waals surface area contributed by atoms with Crippen LogP contribution in [0.4, 0.5) is 0 Å². The van der Waals surface area contributed by atoms with E-state index in [0.29, 0.717) is 5.92 Å². The van der Waals surface area contributed by atoms with Crippen LogP contribution >= 0.6 is 0 Å². The van der Waals surface area contributed by atoms with E-state index in [0.717, 1.165) is 24.5 Å². The second-order valence-corrected chi connectivity index (χ2v) is 3.09. The molecule has 0 radical (unpaired) electrons. The number of aldehydes is 1. The van der Waals surface area contributed by atoms with Crippen LogP contribution in [0.1, 0.15) is 26.7 Å². The fraction of sp³-hybridized carbons (Fsp3) is 0.875. The molecule has 1 aliphatic carbocycles. The van der Waals surface area contributed by atoms with Crippen LogP contribution in [0.15, 0.2) is 0 Å². The second-order valence-electron chi connectivity index (χ2n) is 3.09. The zero-order chi connectivity index (χ0) is 6.85. The predicted molar refractivity (Wildman–Crippen MR) is 37.1 cm³/mol. The molecule has 1 rings (SSSR count). The molecular weight excluding hydrogens is 112 g/mol. The van der Waals surface area contributed by atoms with E-state index in [4.69, 9.17) is 0 Å². The fourth-order valence-corrected chi connectivity index (χ4v) is 1.35. The largest absolute Gasteiger partial charge is 0.303 e. The number of carbonyl (C=O) groups is 1. The zero-order valence-electron chi connectivity index (χ0n) is 6.13. The first-order valence-electron chi connectivity index (χ1n) is 3.74. The van der Waals surface area contributed by atoms with Crippen molar-refractivity contribution >= 4 is 6.29 Å². The van der Waals surface area contributed by atoms with E-state index in [9.17, 15) is 4.79 Å². The molecule has 1 aliphatic rings. The molecule has 1 heteroatoms. The smallest absolute Gasteiger partial charge is 0.123 e. The number of hydrogen-bond donors (Lipinski definition) is 0. The average molecular weight is 126 g/mol. The third-order valence-electron chi connectivity index (χ3n) is 2.44. The van der Waals surface area contributed by atoms with E-state index in [1.807, 2.05) is 0 Å². The molecule has 0 aromatic rings. The van der Waals surface area contributed by atoms with Gasteiger partial charge in [-0.15, -0.1) is 0 Å². The highest BCUT2D eigenvalue weighted by Crippen LogP contribution is 2.43. The summed E-state index contributed by atoms with van der Waals surface area (Å²) in [6.45, 7) is 4.42. The summed E-state index contributed by atoms with van der Waals surface area (Å²) in [7, 11) is 0. The van der Waals surface area contributed by atoms with Gasteiger partial charge in [0.25, 0.3) is 0 Å². The summed E-state index contributed by atoms with van der Waals surface area (Å²) in [6, 6.07) is 0. The highest BCUT2D eigenvalue weighted by molar-refractivity contribution is 5.58. The minimum absolute atomic E-state index is 0.417. The molecule has 1 fully saturated rings. The van der Waals surface area contributed by atoms with Crippen molar-refractivity contribution in [1.29, 1.82) is 0 Å². The van der Waals surface area contributed by atoms with Gasteiger partial charge in [0, 0.05) is 5.92 Å². The average Bonchev–Trinajstić information content (AvgIpc) is 2.64. The highest BCUT2D eigenvalue weighted by atomic mass is 16.1. The Hall–Kier alpha value is -0.330. The van der Waals surface area contributed by atoms with Gasteiger partial charge in [-0.05, 0) is 18.3 Å². The predicted octanol–water partition coefficient (Wildman–Crippen LogP) is 1.87. The molecule has 0 amide bonds. The van der Waals surface area contributed by atoms with Gasteiger partial charge in [0.05, 0.1) is 0 Å². The normalized spacial score (nSPS) is 35.8. The summed E-state index contributed by atoms with van der Waals surface area (Å²) in [5.41, 5.74) is 0. The summed E-state index contributed by atoms with van der Waals surface area (Å²) < 4.78 is 0. The molecular formula is C8H14O. The molecule has 0 aromatic heterocycles. The van der Waals surface area contributed by atoms with Crippen molar-refractivity contribution in [2.75, 3.05) is 0 Å². The van der Waals surface area contributed by atoms with Crippen LogP contribution in [-0.4, -0.2) is 6.29 Å². The summed E-state index contributed by atoms with van der Waals surface area (Å²) in [4.78, 5) is 10.2. The first-order chi connectivity index (χ1) is 4.29. The summed E-state index contributed by atoms with van der Waals surface area (Å²) in [5, 5.41) is 0. The Bertz CT molecular complexity index is 109. The van der Waals surface area contributed by atoms with Crippen LogP contribution in [0.5, 0.6) is 0 Å². The molecule has 0 aliphatic heterocycles. The lowest BCUT2D eigenvalue weighted by Gasteiger charge is -2.03. The van der Waals surface area contributed by atoms with Crippen molar-refractivity contribution in [3.8, 4) is 0 Å². The van der Waals surface area contributed by atoms with E-state index in [1.165, 1.54) is 6.42 Å². The number of rotatable bonds is 3. The monoisotopic (exact) mass is 126 g/mol. The molecule has 0 bridgehead atoms. The van der Waals surface area contributed by atoms with Crippen molar-refractivity contribution < 1.29 is 4.79 Å². The molecule has 0 spiro atoms. The topological polar surface area (TPSA) is 17.1 Å². The van der Waals surface area contributed by atoms with Gasteiger partial charge in [0.1, 0.15) is 6.29 Å². The molecule has 1 saturated carbocycles. The van der Waals surface area contributed by atoms with Gasteiger partial charge in [-0.3, -0.25) is 0 Å². The van der Waals surface area contributed by atoms with Crippen molar-refractivity contribution in [1.82, 2.24) is 0 Å². The number of carbonyl (C=O) groups excluding carboxylic acids is 1. The number of hydrogen-bond acceptors (Lipinski definition) is 1. The van der Waals surface area contributed by atoms with Gasteiger partial charge >= 0.3 is 0 Å². The Morgan fingerprint density at radius 2 is 2.44 bits per heavy atom. The third kappa shape index (κ3) is 1.32. The lowest BCUT2D eigenvalue weighted by Crippen LogP contribution is -1.96. The Labute approximate surface area is 56.4 Å². The van der Waals surface area contributed by atoms with Gasteiger partial charge < -0.3 is 4.79 Å². The molecule has 9 heavy (non-hydrogen) atoms. The molecule has 1 nitrogen and oxygen atoms in total. The fourth-order valence-electron chi connectivity index (χ4n) is 1.35. The minimum atomic E-state index is 0.417. The lowest BCUT2D eigenvalue weighted by molar-refractivity contribution is -0.109. The molecule has 52 valence electrons. The maximum absolute atomic E-state index is 10.2. The molecule has 0 heterocycles. The maximum Gasteiger partial charge on any atom is 0.123 e. The van der Waals surface area contributed by atoms with Gasteiger partial charge in [0.15, 0.2) is 0 Å². The van der Waals surface area contributed by atoms with Gasteiger partial charge in [-0.2, -0.15) is 0 Å². The third-order valence-corrected chi connectivity index (χ3v) is 2.44. The maximum atomic E-state index is 10.2.